The molecule has 0 bridgehead atoms. The molecule has 2 aromatic rings. The SMILES string of the molecule is CN(C)CCNC(=O)CC1c2nc(NC(=O)c3cccc(F)c3)sc2CC2[C@@]1(C)CCC(O)[C@@]2(C)CO. The first-order chi connectivity index (χ1) is 17.5. The minimum atomic E-state index is -0.723. The molecule has 4 N–H and O–H groups in total. The van der Waals surface area contributed by atoms with Crippen LogP contribution in [0.1, 0.15) is 60.0 Å². The standard InChI is InChI=1S/C27H37FN4O4S/c1-26-9-8-21(34)27(2,15-33)20(26)14-19-23(18(26)13-22(35)29-10-11-32(3)4)30-25(37-19)31-24(36)16-6-5-7-17(28)12-16/h5-7,12,18,20-21,33-34H,8-11,13-15H2,1-4H3,(H,29,35)(H,30,31,36)/t18?,20?,21?,26-,27-/m0/s1. The molecule has 2 aliphatic carbocycles. The number of hydrogen-bond donors (Lipinski definition) is 4. The number of aliphatic hydroxyl groups excluding tert-OH is 2. The van der Waals surface area contributed by atoms with Crippen molar-refractivity contribution < 1.29 is 24.2 Å². The number of benzene rings is 1. The van der Waals surface area contributed by atoms with E-state index in [-0.39, 0.29) is 41.7 Å². The van der Waals surface area contributed by atoms with Gasteiger partial charge in [-0.2, -0.15) is 0 Å². The first-order valence-electron chi connectivity index (χ1n) is 12.7. The van der Waals surface area contributed by atoms with Crippen LogP contribution in [0.15, 0.2) is 24.3 Å². The molecular weight excluding hydrogens is 495 g/mol. The van der Waals surface area contributed by atoms with Gasteiger partial charge in [-0.15, -0.1) is 11.3 Å². The van der Waals surface area contributed by atoms with Crippen molar-refractivity contribution in [3.8, 4) is 0 Å². The monoisotopic (exact) mass is 532 g/mol. The molecule has 10 heteroatoms. The van der Waals surface area contributed by atoms with Gasteiger partial charge in [0.25, 0.3) is 5.91 Å². The summed E-state index contributed by atoms with van der Waals surface area (Å²) in [4.78, 5) is 33.6. The number of carbonyl (C=O) groups excluding carboxylic acids is 2. The van der Waals surface area contributed by atoms with Crippen molar-refractivity contribution in [2.75, 3.05) is 39.1 Å². The van der Waals surface area contributed by atoms with Gasteiger partial charge in [0.2, 0.25) is 5.91 Å². The summed E-state index contributed by atoms with van der Waals surface area (Å²) in [5, 5.41) is 27.5. The lowest BCUT2D eigenvalue weighted by molar-refractivity contribution is -0.144. The summed E-state index contributed by atoms with van der Waals surface area (Å²) in [6.07, 6.45) is 1.40. The van der Waals surface area contributed by atoms with Crippen LogP contribution in [0.5, 0.6) is 0 Å². The molecule has 37 heavy (non-hydrogen) atoms. The Balaban J connectivity index is 1.66. The summed E-state index contributed by atoms with van der Waals surface area (Å²) in [5.41, 5.74) is -0.112. The van der Waals surface area contributed by atoms with Crippen LogP contribution in [-0.2, 0) is 11.2 Å². The van der Waals surface area contributed by atoms with Crippen molar-refractivity contribution in [2.45, 2.75) is 51.6 Å². The van der Waals surface area contributed by atoms with Crippen LogP contribution in [0.25, 0.3) is 0 Å². The van der Waals surface area contributed by atoms with Gasteiger partial charge in [0.1, 0.15) is 5.82 Å². The zero-order valence-electron chi connectivity index (χ0n) is 21.9. The maximum absolute atomic E-state index is 13.6. The first kappa shape index (κ1) is 27.6. The van der Waals surface area contributed by atoms with E-state index in [1.807, 2.05) is 25.9 Å². The molecule has 8 nitrogen and oxygen atoms in total. The molecular formula is C27H37FN4O4S. The summed E-state index contributed by atoms with van der Waals surface area (Å²) in [6.45, 7) is 5.16. The van der Waals surface area contributed by atoms with Gasteiger partial charge in [0, 0.05) is 41.3 Å². The topological polar surface area (TPSA) is 115 Å². The second-order valence-corrected chi connectivity index (χ2v) is 12.3. The minimum absolute atomic E-state index is 0.0742. The third kappa shape index (κ3) is 5.43. The molecule has 2 amide bonds. The Hall–Kier alpha value is -2.40. The number of nitrogens with one attached hydrogen (secondary N) is 2. The number of amides is 2. The highest BCUT2D eigenvalue weighted by molar-refractivity contribution is 7.15. The highest BCUT2D eigenvalue weighted by Gasteiger charge is 2.59. The number of hydrogen-bond acceptors (Lipinski definition) is 7. The van der Waals surface area contributed by atoms with Gasteiger partial charge in [-0.1, -0.05) is 19.9 Å². The quantitative estimate of drug-likeness (QED) is 0.416. The highest BCUT2D eigenvalue weighted by Crippen LogP contribution is 2.62. The smallest absolute Gasteiger partial charge is 0.257 e. The average Bonchev–Trinajstić information content (AvgIpc) is 3.24. The number of aliphatic hydroxyl groups is 2. The molecule has 0 saturated heterocycles. The van der Waals surface area contributed by atoms with Gasteiger partial charge in [0.15, 0.2) is 5.13 Å². The molecule has 1 heterocycles. The summed E-state index contributed by atoms with van der Waals surface area (Å²) in [5.74, 6) is -1.34. The summed E-state index contributed by atoms with van der Waals surface area (Å²) < 4.78 is 13.6. The van der Waals surface area contributed by atoms with Crippen molar-refractivity contribution in [3.63, 3.8) is 0 Å². The van der Waals surface area contributed by atoms with Crippen molar-refractivity contribution >= 4 is 28.3 Å². The van der Waals surface area contributed by atoms with E-state index < -0.39 is 23.2 Å². The van der Waals surface area contributed by atoms with Gasteiger partial charge in [-0.25, -0.2) is 9.37 Å². The lowest BCUT2D eigenvalue weighted by Crippen LogP contribution is -2.57. The van der Waals surface area contributed by atoms with Crippen molar-refractivity contribution in [1.82, 2.24) is 15.2 Å². The lowest BCUT2D eigenvalue weighted by atomic mass is 9.47. The molecule has 1 fully saturated rings. The van der Waals surface area contributed by atoms with E-state index in [0.717, 1.165) is 17.1 Å². The van der Waals surface area contributed by atoms with E-state index in [2.05, 4.69) is 17.6 Å². The van der Waals surface area contributed by atoms with Gasteiger partial charge >= 0.3 is 0 Å². The van der Waals surface area contributed by atoms with Crippen LogP contribution in [-0.4, -0.2) is 71.8 Å². The summed E-state index contributed by atoms with van der Waals surface area (Å²) in [7, 11) is 3.90. The predicted octanol–water partition coefficient (Wildman–Crippen LogP) is 3.02. The van der Waals surface area contributed by atoms with Gasteiger partial charge in [0.05, 0.1) is 18.4 Å². The normalized spacial score (nSPS) is 28.9. The maximum atomic E-state index is 13.6. The van der Waals surface area contributed by atoms with E-state index in [4.69, 9.17) is 4.98 Å². The largest absolute Gasteiger partial charge is 0.396 e. The molecule has 2 aliphatic rings. The fraction of sp³-hybridized carbons (Fsp3) is 0.593. The van der Waals surface area contributed by atoms with E-state index in [0.29, 0.717) is 30.9 Å². The van der Waals surface area contributed by atoms with E-state index >= 15 is 0 Å². The number of likely N-dealkylation sites (N-methyl/N-ethyl adjacent to an activating group) is 1. The Morgan fingerprint density at radius 3 is 2.73 bits per heavy atom. The van der Waals surface area contributed by atoms with Crippen molar-refractivity contribution in [2.24, 2.45) is 16.7 Å². The third-order valence-electron chi connectivity index (χ3n) is 8.47. The fourth-order valence-corrected chi connectivity index (χ4v) is 7.24. The van der Waals surface area contributed by atoms with Gasteiger partial charge < -0.3 is 20.4 Å². The zero-order valence-corrected chi connectivity index (χ0v) is 22.7. The minimum Gasteiger partial charge on any atom is -0.396 e. The number of thiazole rings is 1. The Morgan fingerprint density at radius 2 is 2.05 bits per heavy atom. The number of nitrogens with zero attached hydrogens (tertiary/aromatic N) is 2. The van der Waals surface area contributed by atoms with E-state index in [1.165, 1.54) is 35.6 Å². The number of anilines is 1. The van der Waals surface area contributed by atoms with Crippen LogP contribution in [0, 0.1) is 22.6 Å². The Kier molecular flexibility index (Phi) is 8.04. The molecule has 202 valence electrons. The summed E-state index contributed by atoms with van der Waals surface area (Å²) in [6, 6.07) is 5.47. The maximum Gasteiger partial charge on any atom is 0.257 e. The molecule has 3 unspecified atom stereocenters. The third-order valence-corrected chi connectivity index (χ3v) is 9.48. The Bertz CT molecular complexity index is 1160. The number of carbonyl (C=O) groups is 2. The second-order valence-electron chi connectivity index (χ2n) is 11.2. The van der Waals surface area contributed by atoms with Crippen molar-refractivity contribution in [1.29, 1.82) is 0 Å². The molecule has 0 aliphatic heterocycles. The van der Waals surface area contributed by atoms with E-state index in [9.17, 15) is 24.2 Å². The number of fused-ring (bicyclic) bond motifs is 2. The Morgan fingerprint density at radius 1 is 1.30 bits per heavy atom. The Labute approximate surface area is 221 Å². The lowest BCUT2D eigenvalue weighted by Gasteiger charge is -2.58. The van der Waals surface area contributed by atoms with Gasteiger partial charge in [-0.3, -0.25) is 14.9 Å². The highest BCUT2D eigenvalue weighted by atomic mass is 32.1. The van der Waals surface area contributed by atoms with Crippen LogP contribution >= 0.6 is 11.3 Å². The van der Waals surface area contributed by atoms with Crippen molar-refractivity contribution in [3.05, 3.63) is 46.2 Å². The molecule has 0 spiro atoms. The number of rotatable bonds is 8. The van der Waals surface area contributed by atoms with Crippen LogP contribution in [0.3, 0.4) is 0 Å². The van der Waals surface area contributed by atoms with Crippen LogP contribution in [0.4, 0.5) is 9.52 Å². The fourth-order valence-electron chi connectivity index (χ4n) is 6.17. The molecule has 5 atom stereocenters. The van der Waals surface area contributed by atoms with Gasteiger partial charge in [-0.05, 0) is 62.9 Å². The van der Waals surface area contributed by atoms with Crippen LogP contribution < -0.4 is 10.6 Å². The number of halogens is 1. The summed E-state index contributed by atoms with van der Waals surface area (Å²) >= 11 is 1.34. The average molecular weight is 533 g/mol. The molecule has 1 saturated carbocycles. The molecule has 1 aromatic carbocycles. The zero-order chi connectivity index (χ0) is 27.0. The first-order valence-corrected chi connectivity index (χ1v) is 13.6. The number of aromatic nitrogens is 1. The van der Waals surface area contributed by atoms with E-state index in [1.54, 1.807) is 0 Å². The molecule has 1 aromatic heterocycles. The second kappa shape index (κ2) is 10.8. The molecule has 0 radical (unpaired) electrons. The molecule has 4 rings (SSSR count). The predicted molar refractivity (Wildman–Crippen MR) is 141 cm³/mol. The van der Waals surface area contributed by atoms with Crippen LogP contribution in [0.2, 0.25) is 0 Å².